The number of hydrogen-bond donors (Lipinski definition) is 3. The number of carboxylic acid groups (broad SMARTS) is 1. The van der Waals surface area contributed by atoms with Crippen molar-refractivity contribution in [2.45, 2.75) is 38.8 Å². The molecule has 2 aromatic rings. The highest BCUT2D eigenvalue weighted by molar-refractivity contribution is 6.00. The molecule has 0 unspecified atom stereocenters. The average Bonchev–Trinajstić information content (AvgIpc) is 3.19. The van der Waals surface area contributed by atoms with Gasteiger partial charge in [-0.2, -0.15) is 0 Å². The van der Waals surface area contributed by atoms with Gasteiger partial charge in [-0.3, -0.25) is 14.5 Å². The number of ether oxygens (including phenoxy) is 1. The third kappa shape index (κ3) is 4.51. The Hall–Kier alpha value is -3.06. The van der Waals surface area contributed by atoms with E-state index < -0.39 is 17.8 Å². The van der Waals surface area contributed by atoms with Crippen molar-refractivity contribution in [1.29, 1.82) is 0 Å². The van der Waals surface area contributed by atoms with Crippen LogP contribution in [0.3, 0.4) is 0 Å². The van der Waals surface area contributed by atoms with Crippen molar-refractivity contribution in [2.24, 2.45) is 0 Å². The van der Waals surface area contributed by atoms with E-state index >= 15 is 0 Å². The molecule has 3 rings (SSSR count). The fourth-order valence-electron chi connectivity index (χ4n) is 3.65. The second-order valence-corrected chi connectivity index (χ2v) is 7.10. The largest absolute Gasteiger partial charge is 0.507 e. The summed E-state index contributed by atoms with van der Waals surface area (Å²) >= 11 is 0. The quantitative estimate of drug-likeness (QED) is 0.586. The molecule has 1 heterocycles. The van der Waals surface area contributed by atoms with Gasteiger partial charge in [-0.05, 0) is 49.6 Å². The van der Waals surface area contributed by atoms with Crippen LogP contribution in [0.15, 0.2) is 36.4 Å². The predicted octanol–water partition coefficient (Wildman–Crippen LogP) is 2.97. The Kier molecular flexibility index (Phi) is 6.39. The number of aromatic hydroxyl groups is 2. The number of likely N-dealkylation sites (tertiary alicyclic amines) is 1. The molecule has 154 valence electrons. The van der Waals surface area contributed by atoms with Crippen LogP contribution >= 0.6 is 0 Å². The van der Waals surface area contributed by atoms with Crippen LogP contribution < -0.4 is 4.74 Å². The molecule has 1 aliphatic rings. The van der Waals surface area contributed by atoms with E-state index in [0.29, 0.717) is 30.7 Å². The van der Waals surface area contributed by atoms with Crippen molar-refractivity contribution in [1.82, 2.24) is 4.90 Å². The van der Waals surface area contributed by atoms with Crippen LogP contribution in [-0.4, -0.2) is 51.2 Å². The highest BCUT2D eigenvalue weighted by Gasteiger charge is 2.32. The van der Waals surface area contributed by atoms with Crippen LogP contribution in [0.4, 0.5) is 0 Å². The molecule has 1 atom stereocenters. The molecule has 0 radical (unpaired) electrons. The molecule has 0 aromatic heterocycles. The van der Waals surface area contributed by atoms with Gasteiger partial charge < -0.3 is 20.1 Å². The van der Waals surface area contributed by atoms with Gasteiger partial charge in [-0.25, -0.2) is 0 Å². The first-order valence-electron chi connectivity index (χ1n) is 9.67. The van der Waals surface area contributed by atoms with Gasteiger partial charge in [0, 0.05) is 6.54 Å². The van der Waals surface area contributed by atoms with Crippen LogP contribution in [0.5, 0.6) is 17.2 Å². The van der Waals surface area contributed by atoms with E-state index in [1.54, 1.807) is 29.2 Å². The van der Waals surface area contributed by atoms with E-state index in [2.05, 4.69) is 0 Å². The number of carboxylic acids is 1. The molecule has 0 amide bonds. The van der Waals surface area contributed by atoms with Gasteiger partial charge in [0.05, 0.1) is 11.1 Å². The Bertz CT molecular complexity index is 896. The number of phenolic OH excluding ortho intramolecular Hbond substituents is 2. The number of phenols is 2. The number of benzene rings is 2. The van der Waals surface area contributed by atoms with Crippen molar-refractivity contribution in [3.05, 3.63) is 53.1 Å². The summed E-state index contributed by atoms with van der Waals surface area (Å²) < 4.78 is 5.49. The minimum absolute atomic E-state index is 0.0578. The topological polar surface area (TPSA) is 107 Å². The second kappa shape index (κ2) is 8.96. The van der Waals surface area contributed by atoms with Crippen LogP contribution in [-0.2, 0) is 17.8 Å². The van der Waals surface area contributed by atoms with Gasteiger partial charge in [0.1, 0.15) is 23.3 Å². The summed E-state index contributed by atoms with van der Waals surface area (Å²) in [4.78, 5) is 25.9. The molecular weight excluding hydrogens is 374 g/mol. The van der Waals surface area contributed by atoms with Gasteiger partial charge in [0.2, 0.25) is 5.78 Å². The molecule has 3 N–H and O–H groups in total. The molecular formula is C22H25NO6. The number of carbonyl (C=O) groups is 2. The fourth-order valence-corrected chi connectivity index (χ4v) is 3.65. The minimum Gasteiger partial charge on any atom is -0.507 e. The lowest BCUT2D eigenvalue weighted by Crippen LogP contribution is -2.35. The maximum atomic E-state index is 12.7. The molecule has 1 fully saturated rings. The van der Waals surface area contributed by atoms with Crippen LogP contribution in [0, 0.1) is 0 Å². The number of para-hydroxylation sites is 1. The third-order valence-electron chi connectivity index (χ3n) is 5.25. The van der Waals surface area contributed by atoms with Gasteiger partial charge in [0.15, 0.2) is 6.61 Å². The Balaban J connectivity index is 1.87. The summed E-state index contributed by atoms with van der Waals surface area (Å²) in [6.45, 7) is 2.18. The number of Topliss-reactive ketones (excluding diaryl/α,β-unsaturated/α-hetero) is 1. The van der Waals surface area contributed by atoms with E-state index in [0.717, 1.165) is 6.42 Å². The molecule has 0 spiro atoms. The molecule has 1 aliphatic heterocycles. The van der Waals surface area contributed by atoms with E-state index in [4.69, 9.17) is 4.74 Å². The van der Waals surface area contributed by atoms with Crippen LogP contribution in [0.1, 0.15) is 41.3 Å². The number of carbonyl (C=O) groups excluding carboxylic acids is 1. The van der Waals surface area contributed by atoms with Crippen molar-refractivity contribution in [3.63, 3.8) is 0 Å². The van der Waals surface area contributed by atoms with Crippen molar-refractivity contribution in [2.75, 3.05) is 13.2 Å². The highest BCUT2D eigenvalue weighted by atomic mass is 16.5. The number of aryl methyl sites for hydroxylation is 1. The molecule has 29 heavy (non-hydrogen) atoms. The summed E-state index contributed by atoms with van der Waals surface area (Å²) in [6, 6.07) is 9.69. The summed E-state index contributed by atoms with van der Waals surface area (Å²) in [5.41, 5.74) is 0.768. The lowest BCUT2D eigenvalue weighted by molar-refractivity contribution is -0.142. The maximum absolute atomic E-state index is 12.7. The number of ketones is 1. The van der Waals surface area contributed by atoms with Gasteiger partial charge >= 0.3 is 5.97 Å². The third-order valence-corrected chi connectivity index (χ3v) is 5.25. The summed E-state index contributed by atoms with van der Waals surface area (Å²) in [6.07, 6.45) is 1.70. The minimum atomic E-state index is -0.930. The van der Waals surface area contributed by atoms with Gasteiger partial charge in [-0.15, -0.1) is 0 Å². The SMILES string of the molecule is CCc1cc(C(=O)COc2ccccc2)c(O)c(CN2CCC[C@H]2C(=O)O)c1O. The first-order chi connectivity index (χ1) is 13.9. The standard InChI is InChI=1S/C22H25NO6/c1-2-14-11-16(19(24)13-29-15-7-4-3-5-8-15)21(26)17(20(14)25)12-23-10-6-9-18(23)22(27)28/h3-5,7-8,11,18,25-26H,2,6,9-10,12-13H2,1H3,(H,27,28)/t18-/m0/s1. The lowest BCUT2D eigenvalue weighted by Gasteiger charge is -2.23. The second-order valence-electron chi connectivity index (χ2n) is 7.10. The first kappa shape index (κ1) is 20.7. The zero-order chi connectivity index (χ0) is 21.0. The summed E-state index contributed by atoms with van der Waals surface area (Å²) in [5.74, 6) is -1.23. The Morgan fingerprint density at radius 2 is 1.90 bits per heavy atom. The van der Waals surface area contributed by atoms with E-state index in [9.17, 15) is 24.9 Å². The monoisotopic (exact) mass is 399 g/mol. The molecule has 0 aliphatic carbocycles. The van der Waals surface area contributed by atoms with E-state index in [-0.39, 0.29) is 35.8 Å². The Labute approximate surface area is 169 Å². The van der Waals surface area contributed by atoms with Crippen molar-refractivity contribution in [3.8, 4) is 17.2 Å². The lowest BCUT2D eigenvalue weighted by atomic mass is 9.97. The molecule has 7 heteroatoms. The maximum Gasteiger partial charge on any atom is 0.320 e. The van der Waals surface area contributed by atoms with Crippen molar-refractivity contribution >= 4 is 11.8 Å². The van der Waals surface area contributed by atoms with Gasteiger partial charge in [0.25, 0.3) is 0 Å². The van der Waals surface area contributed by atoms with Crippen molar-refractivity contribution < 1.29 is 29.6 Å². The molecule has 0 saturated carbocycles. The molecule has 1 saturated heterocycles. The van der Waals surface area contributed by atoms with E-state index in [1.807, 2.05) is 13.0 Å². The normalized spacial score (nSPS) is 16.7. The Morgan fingerprint density at radius 3 is 2.55 bits per heavy atom. The first-order valence-corrected chi connectivity index (χ1v) is 9.67. The summed E-state index contributed by atoms with van der Waals surface area (Å²) in [5, 5.41) is 30.7. The predicted molar refractivity (Wildman–Crippen MR) is 106 cm³/mol. The number of hydrogen-bond acceptors (Lipinski definition) is 6. The Morgan fingerprint density at radius 1 is 1.17 bits per heavy atom. The zero-order valence-electron chi connectivity index (χ0n) is 16.3. The highest BCUT2D eigenvalue weighted by Crippen LogP contribution is 2.37. The summed E-state index contributed by atoms with van der Waals surface area (Å²) in [7, 11) is 0. The molecule has 7 nitrogen and oxygen atoms in total. The molecule has 2 aromatic carbocycles. The van der Waals surface area contributed by atoms with E-state index in [1.165, 1.54) is 6.07 Å². The van der Waals surface area contributed by atoms with Crippen LogP contribution in [0.2, 0.25) is 0 Å². The number of rotatable bonds is 8. The van der Waals surface area contributed by atoms with Gasteiger partial charge in [-0.1, -0.05) is 25.1 Å². The zero-order valence-corrected chi connectivity index (χ0v) is 16.3. The van der Waals surface area contributed by atoms with Crippen LogP contribution in [0.25, 0.3) is 0 Å². The number of aliphatic carboxylic acids is 1. The average molecular weight is 399 g/mol. The fraction of sp³-hybridized carbons (Fsp3) is 0.364. The smallest absolute Gasteiger partial charge is 0.320 e. The number of nitrogens with zero attached hydrogens (tertiary/aromatic N) is 1. The molecule has 0 bridgehead atoms.